The summed E-state index contributed by atoms with van der Waals surface area (Å²) in [6, 6.07) is 0. The summed E-state index contributed by atoms with van der Waals surface area (Å²) >= 11 is 0. The lowest BCUT2D eigenvalue weighted by molar-refractivity contribution is 0.180. The van der Waals surface area contributed by atoms with Gasteiger partial charge in [0.2, 0.25) is 0 Å². The average Bonchev–Trinajstić information content (AvgIpc) is 2.38. The Bertz CT molecular complexity index is 242. The molecular weight excluding hydrogens is 220 g/mol. The molecule has 1 heterocycles. The molecule has 0 amide bonds. The van der Waals surface area contributed by atoms with Gasteiger partial charge < -0.3 is 4.74 Å². The summed E-state index contributed by atoms with van der Waals surface area (Å²) in [5.74, 6) is 2.05. The van der Waals surface area contributed by atoms with Crippen molar-refractivity contribution in [3.8, 4) is 0 Å². The van der Waals surface area contributed by atoms with Crippen LogP contribution in [-0.4, -0.2) is 6.61 Å². The van der Waals surface area contributed by atoms with E-state index in [0.717, 1.165) is 12.5 Å². The van der Waals surface area contributed by atoms with Gasteiger partial charge in [0.15, 0.2) is 0 Å². The topological polar surface area (TPSA) is 9.23 Å². The maximum atomic E-state index is 5.74. The van der Waals surface area contributed by atoms with Crippen molar-refractivity contribution in [3.63, 3.8) is 0 Å². The first kappa shape index (κ1) is 15.6. The standard InChI is InChI=1S/C17H32O/c1-4-6-7-8-9-12-16(11-5-2)17-13-10-14-18-15(17)3/h16H,4-14H2,1-3H3. The van der Waals surface area contributed by atoms with E-state index in [1.54, 1.807) is 5.57 Å². The van der Waals surface area contributed by atoms with Crippen molar-refractivity contribution >= 4 is 0 Å². The van der Waals surface area contributed by atoms with Gasteiger partial charge in [0.1, 0.15) is 0 Å². The molecule has 0 aromatic heterocycles. The zero-order chi connectivity index (χ0) is 13.2. The lowest BCUT2D eigenvalue weighted by Crippen LogP contribution is -2.13. The smallest absolute Gasteiger partial charge is 0.0923 e. The van der Waals surface area contributed by atoms with Gasteiger partial charge in [-0.3, -0.25) is 0 Å². The highest BCUT2D eigenvalue weighted by Gasteiger charge is 2.19. The highest BCUT2D eigenvalue weighted by Crippen LogP contribution is 2.32. The van der Waals surface area contributed by atoms with Crippen LogP contribution in [0.2, 0.25) is 0 Å². The van der Waals surface area contributed by atoms with Crippen LogP contribution in [0.4, 0.5) is 0 Å². The third-order valence-electron chi connectivity index (χ3n) is 4.15. The lowest BCUT2D eigenvalue weighted by Gasteiger charge is -2.26. The molecule has 1 unspecified atom stereocenters. The molecule has 0 aromatic rings. The van der Waals surface area contributed by atoms with Crippen molar-refractivity contribution in [2.45, 2.75) is 85.0 Å². The van der Waals surface area contributed by atoms with Crippen molar-refractivity contribution < 1.29 is 4.74 Å². The van der Waals surface area contributed by atoms with Crippen LogP contribution < -0.4 is 0 Å². The summed E-state index contributed by atoms with van der Waals surface area (Å²) in [5, 5.41) is 0. The second-order valence-corrected chi connectivity index (χ2v) is 5.72. The van der Waals surface area contributed by atoms with Crippen LogP contribution in [-0.2, 0) is 4.74 Å². The monoisotopic (exact) mass is 252 g/mol. The number of rotatable bonds is 9. The molecule has 1 rings (SSSR count). The van der Waals surface area contributed by atoms with Crippen molar-refractivity contribution in [2.75, 3.05) is 6.61 Å². The molecule has 0 saturated carbocycles. The fourth-order valence-electron chi connectivity index (χ4n) is 3.08. The first-order valence-electron chi connectivity index (χ1n) is 8.12. The third-order valence-corrected chi connectivity index (χ3v) is 4.15. The summed E-state index contributed by atoms with van der Waals surface area (Å²) in [6.45, 7) is 7.70. The summed E-state index contributed by atoms with van der Waals surface area (Å²) in [4.78, 5) is 0. The highest BCUT2D eigenvalue weighted by atomic mass is 16.5. The number of allylic oxidation sites excluding steroid dienone is 2. The Morgan fingerprint density at radius 1 is 1.00 bits per heavy atom. The summed E-state index contributed by atoms with van der Waals surface area (Å²) in [5.41, 5.74) is 1.64. The minimum Gasteiger partial charge on any atom is -0.498 e. The van der Waals surface area contributed by atoms with Crippen LogP contribution in [0.15, 0.2) is 11.3 Å². The molecule has 1 atom stereocenters. The highest BCUT2D eigenvalue weighted by molar-refractivity contribution is 5.12. The number of unbranched alkanes of at least 4 members (excludes halogenated alkanes) is 4. The molecule has 106 valence electrons. The fourth-order valence-corrected chi connectivity index (χ4v) is 3.08. The Hall–Kier alpha value is -0.460. The molecule has 0 N–H and O–H groups in total. The molecule has 0 spiro atoms. The maximum absolute atomic E-state index is 5.74. The van der Waals surface area contributed by atoms with Crippen molar-refractivity contribution in [2.24, 2.45) is 5.92 Å². The molecule has 18 heavy (non-hydrogen) atoms. The van der Waals surface area contributed by atoms with Gasteiger partial charge in [-0.25, -0.2) is 0 Å². The van der Waals surface area contributed by atoms with Gasteiger partial charge >= 0.3 is 0 Å². The zero-order valence-corrected chi connectivity index (χ0v) is 12.8. The van der Waals surface area contributed by atoms with Crippen molar-refractivity contribution in [3.05, 3.63) is 11.3 Å². The Balaban J connectivity index is 2.38. The number of hydrogen-bond acceptors (Lipinski definition) is 1. The molecule has 1 heteroatoms. The first-order chi connectivity index (χ1) is 8.79. The quantitative estimate of drug-likeness (QED) is 0.468. The second kappa shape index (κ2) is 9.47. The fraction of sp³-hybridized carbons (Fsp3) is 0.882. The van der Waals surface area contributed by atoms with E-state index in [0.29, 0.717) is 0 Å². The largest absolute Gasteiger partial charge is 0.498 e. The van der Waals surface area contributed by atoms with E-state index in [4.69, 9.17) is 4.74 Å². The van der Waals surface area contributed by atoms with Crippen LogP contribution in [0, 0.1) is 5.92 Å². The summed E-state index contributed by atoms with van der Waals surface area (Å²) in [6.07, 6.45) is 13.5. The predicted octanol–water partition coefficient (Wildman–Crippen LogP) is 5.85. The Morgan fingerprint density at radius 2 is 1.78 bits per heavy atom. The van der Waals surface area contributed by atoms with Crippen LogP contribution in [0.1, 0.15) is 85.0 Å². The van der Waals surface area contributed by atoms with Crippen molar-refractivity contribution in [1.29, 1.82) is 0 Å². The molecule has 1 nitrogen and oxygen atoms in total. The molecule has 0 aliphatic carbocycles. The van der Waals surface area contributed by atoms with Gasteiger partial charge in [0.05, 0.1) is 12.4 Å². The van der Waals surface area contributed by atoms with Gasteiger partial charge in [0, 0.05) is 0 Å². The number of ether oxygens (including phenoxy) is 1. The molecule has 0 radical (unpaired) electrons. The van der Waals surface area contributed by atoms with Gasteiger partial charge in [-0.1, -0.05) is 52.4 Å². The van der Waals surface area contributed by atoms with E-state index >= 15 is 0 Å². The van der Waals surface area contributed by atoms with E-state index < -0.39 is 0 Å². The minimum absolute atomic E-state index is 0.803. The first-order valence-corrected chi connectivity index (χ1v) is 8.12. The molecular formula is C17H32O. The third kappa shape index (κ3) is 5.46. The van der Waals surface area contributed by atoms with Gasteiger partial charge in [0.25, 0.3) is 0 Å². The number of hydrogen-bond donors (Lipinski definition) is 0. The van der Waals surface area contributed by atoms with Gasteiger partial charge in [-0.15, -0.1) is 0 Å². The Morgan fingerprint density at radius 3 is 2.44 bits per heavy atom. The zero-order valence-electron chi connectivity index (χ0n) is 12.8. The molecule has 0 aromatic carbocycles. The van der Waals surface area contributed by atoms with E-state index in [2.05, 4.69) is 20.8 Å². The summed E-state index contributed by atoms with van der Waals surface area (Å²) < 4.78 is 5.74. The molecule has 1 aliphatic rings. The minimum atomic E-state index is 0.803. The van der Waals surface area contributed by atoms with E-state index in [1.165, 1.54) is 70.0 Å². The predicted molar refractivity (Wildman–Crippen MR) is 79.7 cm³/mol. The van der Waals surface area contributed by atoms with E-state index in [9.17, 15) is 0 Å². The molecule has 0 fully saturated rings. The molecule has 0 saturated heterocycles. The van der Waals surface area contributed by atoms with Gasteiger partial charge in [-0.05, 0) is 44.1 Å². The van der Waals surface area contributed by atoms with Crippen LogP contribution >= 0.6 is 0 Å². The van der Waals surface area contributed by atoms with Crippen molar-refractivity contribution in [1.82, 2.24) is 0 Å². The molecule has 1 aliphatic heterocycles. The second-order valence-electron chi connectivity index (χ2n) is 5.72. The normalized spacial score (nSPS) is 17.7. The lowest BCUT2D eigenvalue weighted by atomic mass is 9.85. The van der Waals surface area contributed by atoms with Crippen LogP contribution in [0.5, 0.6) is 0 Å². The Kier molecular flexibility index (Phi) is 8.20. The molecule has 0 bridgehead atoms. The summed E-state index contributed by atoms with van der Waals surface area (Å²) in [7, 11) is 0. The van der Waals surface area contributed by atoms with Crippen LogP contribution in [0.3, 0.4) is 0 Å². The SMILES string of the molecule is CCCCCCCC(CCC)C1=C(C)OCCC1. The van der Waals surface area contributed by atoms with Gasteiger partial charge in [-0.2, -0.15) is 0 Å². The maximum Gasteiger partial charge on any atom is 0.0923 e. The van der Waals surface area contributed by atoms with Crippen LogP contribution in [0.25, 0.3) is 0 Å². The average molecular weight is 252 g/mol. The van der Waals surface area contributed by atoms with E-state index in [1.807, 2.05) is 0 Å². The Labute approximate surface area is 114 Å². The van der Waals surface area contributed by atoms with E-state index in [-0.39, 0.29) is 0 Å².